The highest BCUT2D eigenvalue weighted by Gasteiger charge is 2.26. The van der Waals surface area contributed by atoms with E-state index in [-0.39, 0.29) is 5.69 Å². The fraction of sp³-hybridized carbons (Fsp3) is 0. The summed E-state index contributed by atoms with van der Waals surface area (Å²) in [4.78, 5) is 12.4. The minimum absolute atomic E-state index is 0.158. The average Bonchev–Trinajstić information content (AvgIpc) is 2.42. The van der Waals surface area contributed by atoms with Crippen LogP contribution in [0.2, 0.25) is 0 Å². The molecule has 3 nitrogen and oxygen atoms in total. The van der Waals surface area contributed by atoms with Crippen LogP contribution in [-0.2, 0) is 4.74 Å². The predicted molar refractivity (Wildman–Crippen MR) is 66.7 cm³/mol. The highest BCUT2D eigenvalue weighted by atomic mass is 19.1. The molecule has 0 unspecified atom stereocenters. The van der Waals surface area contributed by atoms with Gasteiger partial charge in [0.05, 0.1) is 5.69 Å². The fourth-order valence-electron chi connectivity index (χ4n) is 1.72. The van der Waals surface area contributed by atoms with Crippen LogP contribution in [0.25, 0.3) is 0 Å². The summed E-state index contributed by atoms with van der Waals surface area (Å²) in [5.74, 6) is -3.53. The summed E-state index contributed by atoms with van der Waals surface area (Å²) in [5, 5.41) is 0. The molecule has 0 saturated carbocycles. The lowest BCUT2D eigenvalue weighted by atomic mass is 10.2. The molecule has 0 bridgehead atoms. The summed E-state index contributed by atoms with van der Waals surface area (Å²) in [6.45, 7) is 0. The number of ether oxygens (including phenoxy) is 1. The molecule has 2 aromatic carbocycles. The first kappa shape index (κ1) is 13.9. The van der Waals surface area contributed by atoms with E-state index in [0.29, 0.717) is 17.0 Å². The van der Waals surface area contributed by atoms with Gasteiger partial charge in [0, 0.05) is 12.1 Å². The molecule has 0 fully saturated rings. The molecule has 0 spiro atoms. The molecule has 0 N–H and O–H groups in total. The minimum Gasteiger partial charge on any atom is -0.445 e. The normalized spacial score (nSPS) is 10.2. The Kier molecular flexibility index (Phi) is 3.93. The number of nitrogens with zero attached hydrogens (tertiary/aromatic N) is 1. The van der Waals surface area contributed by atoms with E-state index in [1.165, 1.54) is 12.1 Å². The van der Waals surface area contributed by atoms with Crippen LogP contribution in [0.3, 0.4) is 0 Å². The molecular formula is C14H9F3NO2. The van der Waals surface area contributed by atoms with Gasteiger partial charge in [-0.25, -0.2) is 22.9 Å². The van der Waals surface area contributed by atoms with Crippen molar-refractivity contribution in [1.82, 2.24) is 0 Å². The smallest absolute Gasteiger partial charge is 0.419 e. The lowest BCUT2D eigenvalue weighted by molar-refractivity contribution is 0.193. The number of halogens is 3. The lowest BCUT2D eigenvalue weighted by Gasteiger charge is -2.22. The van der Waals surface area contributed by atoms with Crippen LogP contribution in [-0.4, -0.2) is 6.09 Å². The Hall–Kier alpha value is -2.50. The van der Waals surface area contributed by atoms with Gasteiger partial charge in [-0.15, -0.1) is 0 Å². The van der Waals surface area contributed by atoms with E-state index in [9.17, 15) is 18.0 Å². The van der Waals surface area contributed by atoms with Crippen molar-refractivity contribution < 1.29 is 22.7 Å². The summed E-state index contributed by atoms with van der Waals surface area (Å²) < 4.78 is 44.8. The summed E-state index contributed by atoms with van der Waals surface area (Å²) in [5.41, 5.74) is -0.572. The number of hydrogen-bond donors (Lipinski definition) is 0. The predicted octanol–water partition coefficient (Wildman–Crippen LogP) is 4.17. The molecule has 2 aromatic rings. The lowest BCUT2D eigenvalue weighted by Crippen LogP contribution is -2.27. The van der Waals surface area contributed by atoms with Crippen molar-refractivity contribution in [2.75, 3.05) is 4.90 Å². The van der Waals surface area contributed by atoms with Gasteiger partial charge in [-0.1, -0.05) is 18.2 Å². The first-order valence-corrected chi connectivity index (χ1v) is 5.50. The Morgan fingerprint density at radius 1 is 1.05 bits per heavy atom. The molecule has 2 rings (SSSR count). The standard InChI is InChI=1S/C14H9F3NO2/c1-20-14(19)18(10-5-3-2-4-6-10)13-11(16)7-9(15)8-12(13)17/h2-8H,1H2. The third-order valence-corrected chi connectivity index (χ3v) is 2.53. The second-order valence-electron chi connectivity index (χ2n) is 3.80. The first-order valence-electron chi connectivity index (χ1n) is 5.50. The van der Waals surface area contributed by atoms with Crippen molar-refractivity contribution in [2.24, 2.45) is 0 Å². The second-order valence-corrected chi connectivity index (χ2v) is 3.80. The van der Waals surface area contributed by atoms with Crippen LogP contribution >= 0.6 is 0 Å². The Morgan fingerprint density at radius 3 is 2.10 bits per heavy atom. The van der Waals surface area contributed by atoms with Gasteiger partial charge < -0.3 is 4.74 Å². The number of anilines is 2. The number of benzene rings is 2. The number of hydrogen-bond acceptors (Lipinski definition) is 2. The molecule has 103 valence electrons. The van der Waals surface area contributed by atoms with Crippen molar-refractivity contribution >= 4 is 17.5 Å². The molecule has 1 amide bonds. The molecule has 0 atom stereocenters. The van der Waals surface area contributed by atoms with Crippen LogP contribution in [0, 0.1) is 24.6 Å². The van der Waals surface area contributed by atoms with E-state index in [1.807, 2.05) is 0 Å². The highest BCUT2D eigenvalue weighted by molar-refractivity contribution is 5.96. The molecule has 0 heterocycles. The zero-order valence-corrected chi connectivity index (χ0v) is 10.1. The number of carbonyl (C=O) groups excluding carboxylic acids is 1. The highest BCUT2D eigenvalue weighted by Crippen LogP contribution is 2.31. The fourth-order valence-corrected chi connectivity index (χ4v) is 1.72. The second kappa shape index (κ2) is 5.64. The molecule has 0 aliphatic heterocycles. The number of carbonyl (C=O) groups is 1. The Morgan fingerprint density at radius 2 is 1.60 bits per heavy atom. The Balaban J connectivity index is 2.62. The molecule has 0 aliphatic carbocycles. The summed E-state index contributed by atoms with van der Waals surface area (Å²) >= 11 is 0. The van der Waals surface area contributed by atoms with Gasteiger partial charge in [-0.3, -0.25) is 0 Å². The number of para-hydroxylation sites is 1. The maximum Gasteiger partial charge on any atom is 0.419 e. The maximum absolute atomic E-state index is 13.8. The molecule has 20 heavy (non-hydrogen) atoms. The summed E-state index contributed by atoms with van der Waals surface area (Å²) in [6.07, 6.45) is -1.10. The zero-order valence-electron chi connectivity index (χ0n) is 10.1. The van der Waals surface area contributed by atoms with Crippen LogP contribution in [0.5, 0.6) is 0 Å². The Bertz CT molecular complexity index is 609. The van der Waals surface area contributed by atoms with Gasteiger partial charge in [-0.05, 0) is 12.1 Å². The van der Waals surface area contributed by atoms with Gasteiger partial charge in [0.25, 0.3) is 0 Å². The van der Waals surface area contributed by atoms with Crippen LogP contribution in [0.15, 0.2) is 42.5 Å². The summed E-state index contributed by atoms with van der Waals surface area (Å²) in [7, 11) is 2.92. The van der Waals surface area contributed by atoms with Gasteiger partial charge in [0.2, 0.25) is 0 Å². The average molecular weight is 280 g/mol. The van der Waals surface area contributed by atoms with E-state index >= 15 is 0 Å². The first-order chi connectivity index (χ1) is 9.54. The van der Waals surface area contributed by atoms with E-state index in [1.54, 1.807) is 18.2 Å². The maximum atomic E-state index is 13.8. The van der Waals surface area contributed by atoms with Gasteiger partial charge in [-0.2, -0.15) is 0 Å². The topological polar surface area (TPSA) is 29.5 Å². The zero-order chi connectivity index (χ0) is 14.7. The molecule has 0 saturated heterocycles. The monoisotopic (exact) mass is 280 g/mol. The van der Waals surface area contributed by atoms with Crippen molar-refractivity contribution in [3.05, 3.63) is 67.0 Å². The van der Waals surface area contributed by atoms with E-state index in [4.69, 9.17) is 0 Å². The van der Waals surface area contributed by atoms with E-state index < -0.39 is 29.2 Å². The minimum atomic E-state index is -1.23. The molecule has 6 heteroatoms. The quantitative estimate of drug-likeness (QED) is 0.826. The molecule has 1 radical (unpaired) electrons. The van der Waals surface area contributed by atoms with Crippen LogP contribution in [0.1, 0.15) is 0 Å². The van der Waals surface area contributed by atoms with Gasteiger partial charge in [0.15, 0.2) is 11.6 Å². The van der Waals surface area contributed by atoms with Crippen LogP contribution in [0.4, 0.5) is 29.3 Å². The van der Waals surface area contributed by atoms with E-state index in [2.05, 4.69) is 11.8 Å². The summed E-state index contributed by atoms with van der Waals surface area (Å²) in [6, 6.07) is 8.64. The molecule has 0 aliphatic rings. The largest absolute Gasteiger partial charge is 0.445 e. The molecule has 0 aromatic heterocycles. The third kappa shape index (κ3) is 2.59. The van der Waals surface area contributed by atoms with Crippen molar-refractivity contribution in [1.29, 1.82) is 0 Å². The third-order valence-electron chi connectivity index (χ3n) is 2.53. The molecular weight excluding hydrogens is 271 g/mol. The number of rotatable bonds is 2. The van der Waals surface area contributed by atoms with Crippen LogP contribution < -0.4 is 4.90 Å². The van der Waals surface area contributed by atoms with Gasteiger partial charge in [0.1, 0.15) is 18.6 Å². The number of amides is 1. The SMILES string of the molecule is [CH2]OC(=O)N(c1ccccc1)c1c(F)cc(F)cc1F. The van der Waals surface area contributed by atoms with Crippen molar-refractivity contribution in [2.45, 2.75) is 0 Å². The van der Waals surface area contributed by atoms with Crippen molar-refractivity contribution in [3.63, 3.8) is 0 Å². The van der Waals surface area contributed by atoms with Crippen molar-refractivity contribution in [3.8, 4) is 0 Å². The van der Waals surface area contributed by atoms with E-state index in [0.717, 1.165) is 0 Å². The van der Waals surface area contributed by atoms with Gasteiger partial charge >= 0.3 is 6.09 Å². The Labute approximate surface area is 113 Å².